The summed E-state index contributed by atoms with van der Waals surface area (Å²) >= 11 is 0. The first kappa shape index (κ1) is 25.9. The zero-order chi connectivity index (χ0) is 25.2. The minimum atomic E-state index is -0.273. The lowest BCUT2D eigenvalue weighted by Crippen LogP contribution is -2.47. The fourth-order valence-electron chi connectivity index (χ4n) is 5.05. The number of carbonyl (C=O) groups is 2. The van der Waals surface area contributed by atoms with Crippen LogP contribution in [0.15, 0.2) is 41.6 Å². The van der Waals surface area contributed by atoms with Gasteiger partial charge in [-0.2, -0.15) is 5.10 Å². The van der Waals surface area contributed by atoms with Crippen LogP contribution in [0.3, 0.4) is 0 Å². The molecule has 2 saturated carbocycles. The van der Waals surface area contributed by atoms with Crippen molar-refractivity contribution in [3.8, 4) is 0 Å². The van der Waals surface area contributed by atoms with Crippen LogP contribution in [0.2, 0.25) is 0 Å². The Morgan fingerprint density at radius 1 is 1.06 bits per heavy atom. The molecule has 1 aromatic carbocycles. The van der Waals surface area contributed by atoms with Crippen molar-refractivity contribution in [2.24, 2.45) is 5.16 Å². The summed E-state index contributed by atoms with van der Waals surface area (Å²) in [5.74, 6) is -0.415. The Morgan fingerprint density at radius 3 is 2.58 bits per heavy atom. The van der Waals surface area contributed by atoms with Crippen LogP contribution in [0.5, 0.6) is 0 Å². The summed E-state index contributed by atoms with van der Waals surface area (Å²) in [6.45, 7) is 0.480. The van der Waals surface area contributed by atoms with E-state index in [0.717, 1.165) is 56.9 Å². The van der Waals surface area contributed by atoms with Gasteiger partial charge in [-0.05, 0) is 37.3 Å². The van der Waals surface area contributed by atoms with Crippen LogP contribution in [0.4, 0.5) is 0 Å². The average Bonchev–Trinajstić information content (AvgIpc) is 3.30. The van der Waals surface area contributed by atoms with Gasteiger partial charge in [-0.3, -0.25) is 9.59 Å². The molecule has 0 spiro atoms. The molecule has 0 unspecified atom stereocenters. The van der Waals surface area contributed by atoms with Gasteiger partial charge in [-0.1, -0.05) is 67.6 Å². The van der Waals surface area contributed by atoms with E-state index in [1.54, 1.807) is 6.07 Å². The van der Waals surface area contributed by atoms with Gasteiger partial charge in [-0.15, -0.1) is 0 Å². The number of oxime groups is 1. The smallest absolute Gasteiger partial charge is 0.269 e. The van der Waals surface area contributed by atoms with Crippen molar-refractivity contribution in [3.05, 3.63) is 53.3 Å². The van der Waals surface area contributed by atoms with Gasteiger partial charge in [0, 0.05) is 6.04 Å². The summed E-state index contributed by atoms with van der Waals surface area (Å²) in [6, 6.07) is 11.8. The van der Waals surface area contributed by atoms with Gasteiger partial charge in [0.2, 0.25) is 5.91 Å². The fraction of sp³-hybridized carbons (Fsp3) is 0.556. The van der Waals surface area contributed by atoms with Crippen molar-refractivity contribution in [1.29, 1.82) is 0 Å². The van der Waals surface area contributed by atoms with Gasteiger partial charge >= 0.3 is 0 Å². The van der Waals surface area contributed by atoms with E-state index >= 15 is 0 Å². The third kappa shape index (κ3) is 7.40. The third-order valence-electron chi connectivity index (χ3n) is 6.91. The molecule has 36 heavy (non-hydrogen) atoms. The summed E-state index contributed by atoms with van der Waals surface area (Å²) < 4.78 is 7.67. The second-order valence-corrected chi connectivity index (χ2v) is 9.63. The molecule has 2 atom stereocenters. The Balaban J connectivity index is 1.42. The van der Waals surface area contributed by atoms with E-state index in [-0.39, 0.29) is 36.5 Å². The van der Waals surface area contributed by atoms with E-state index < -0.39 is 0 Å². The molecule has 4 rings (SSSR count). The van der Waals surface area contributed by atoms with Crippen LogP contribution in [0.25, 0.3) is 0 Å². The number of amides is 2. The van der Waals surface area contributed by atoms with Crippen molar-refractivity contribution in [2.45, 2.75) is 89.1 Å². The first-order chi connectivity index (χ1) is 17.6. The third-order valence-corrected chi connectivity index (χ3v) is 6.91. The molecular formula is C27H37N5O4. The summed E-state index contributed by atoms with van der Waals surface area (Å²) in [6.07, 6.45) is 10.7. The van der Waals surface area contributed by atoms with Gasteiger partial charge in [0.05, 0.1) is 25.0 Å². The Labute approximate surface area is 212 Å². The van der Waals surface area contributed by atoms with Crippen molar-refractivity contribution in [1.82, 2.24) is 20.4 Å². The number of benzene rings is 1. The van der Waals surface area contributed by atoms with Crippen molar-refractivity contribution in [3.63, 3.8) is 0 Å². The van der Waals surface area contributed by atoms with Crippen molar-refractivity contribution < 1.29 is 19.2 Å². The second kappa shape index (κ2) is 13.2. The molecule has 0 aliphatic heterocycles. The fourth-order valence-corrected chi connectivity index (χ4v) is 5.05. The molecule has 1 aromatic heterocycles. The minimum absolute atomic E-state index is 0.0291. The van der Waals surface area contributed by atoms with E-state index in [0.29, 0.717) is 18.0 Å². The lowest BCUT2D eigenvalue weighted by atomic mass is 9.92. The van der Waals surface area contributed by atoms with Crippen LogP contribution in [-0.2, 0) is 27.5 Å². The molecule has 0 radical (unpaired) electrons. The lowest BCUT2D eigenvalue weighted by Gasteiger charge is -2.32. The largest absolute Gasteiger partial charge is 0.399 e. The lowest BCUT2D eigenvalue weighted by molar-refractivity contribution is -0.122. The van der Waals surface area contributed by atoms with Crippen LogP contribution in [0.1, 0.15) is 79.5 Å². The van der Waals surface area contributed by atoms with Gasteiger partial charge in [0.15, 0.2) is 0 Å². The van der Waals surface area contributed by atoms with E-state index in [2.05, 4.69) is 20.9 Å². The average molecular weight is 496 g/mol. The predicted molar refractivity (Wildman–Crippen MR) is 137 cm³/mol. The number of rotatable bonds is 10. The maximum absolute atomic E-state index is 13.4. The highest BCUT2D eigenvalue weighted by molar-refractivity contribution is 5.95. The normalized spacial score (nSPS) is 20.8. The van der Waals surface area contributed by atoms with Crippen LogP contribution in [0, 0.1) is 0 Å². The molecule has 2 aliphatic rings. The first-order valence-electron chi connectivity index (χ1n) is 13.0. The highest BCUT2D eigenvalue weighted by Crippen LogP contribution is 2.23. The Morgan fingerprint density at radius 2 is 1.81 bits per heavy atom. The van der Waals surface area contributed by atoms with Crippen LogP contribution < -0.4 is 10.6 Å². The molecule has 2 fully saturated rings. The minimum Gasteiger partial charge on any atom is -0.399 e. The van der Waals surface area contributed by atoms with Crippen LogP contribution >= 0.6 is 0 Å². The zero-order valence-electron chi connectivity index (χ0n) is 21.0. The molecule has 0 bridgehead atoms. The second-order valence-electron chi connectivity index (χ2n) is 9.63. The molecule has 194 valence electrons. The highest BCUT2D eigenvalue weighted by atomic mass is 16.6. The maximum Gasteiger partial charge on any atom is 0.269 e. The number of nitrogens with zero attached hydrogens (tertiary/aromatic N) is 3. The Bertz CT molecular complexity index is 1020. The molecule has 2 aromatic rings. The van der Waals surface area contributed by atoms with E-state index in [1.807, 2.05) is 30.3 Å². The number of carbonyl (C=O) groups excluding carboxylic acids is 2. The number of aromatic nitrogens is 2. The van der Waals surface area contributed by atoms with Gasteiger partial charge in [0.1, 0.15) is 25.0 Å². The summed E-state index contributed by atoms with van der Waals surface area (Å²) in [4.78, 5) is 30.9. The molecule has 2 aliphatic carbocycles. The van der Waals surface area contributed by atoms with E-state index in [1.165, 1.54) is 24.4 Å². The molecule has 2 amide bonds. The molecule has 0 saturated heterocycles. The summed E-state index contributed by atoms with van der Waals surface area (Å²) in [5, 5.41) is 14.4. The van der Waals surface area contributed by atoms with Gasteiger partial charge in [-0.25, -0.2) is 4.68 Å². The summed E-state index contributed by atoms with van der Waals surface area (Å²) in [5.41, 5.74) is 1.88. The molecule has 1 heterocycles. The Hall–Kier alpha value is -3.20. The summed E-state index contributed by atoms with van der Waals surface area (Å²) in [7, 11) is 1.44. The van der Waals surface area contributed by atoms with Crippen molar-refractivity contribution >= 4 is 18.0 Å². The van der Waals surface area contributed by atoms with E-state index in [9.17, 15) is 9.59 Å². The highest BCUT2D eigenvalue weighted by Gasteiger charge is 2.29. The van der Waals surface area contributed by atoms with Gasteiger partial charge in [0.25, 0.3) is 5.91 Å². The topological polar surface area (TPSA) is 107 Å². The number of nitrogens with one attached hydrogen (secondary N) is 2. The predicted octanol–water partition coefficient (Wildman–Crippen LogP) is 3.57. The van der Waals surface area contributed by atoms with Crippen molar-refractivity contribution in [2.75, 3.05) is 7.11 Å². The van der Waals surface area contributed by atoms with Gasteiger partial charge < -0.3 is 20.2 Å². The molecule has 9 heteroatoms. The Kier molecular flexibility index (Phi) is 9.49. The first-order valence-corrected chi connectivity index (χ1v) is 13.0. The number of hydrogen-bond acceptors (Lipinski definition) is 6. The number of ether oxygens (including phenoxy) is 1. The van der Waals surface area contributed by atoms with Crippen LogP contribution in [-0.4, -0.2) is 53.1 Å². The zero-order valence-corrected chi connectivity index (χ0v) is 21.0. The van der Waals surface area contributed by atoms with E-state index in [4.69, 9.17) is 9.57 Å². The molecular weight excluding hydrogens is 458 g/mol. The molecule has 2 N–H and O–H groups in total. The quantitative estimate of drug-likeness (QED) is 0.387. The number of hydrogen-bond donors (Lipinski definition) is 2. The monoisotopic (exact) mass is 495 g/mol. The maximum atomic E-state index is 13.4. The standard InChI is InChI=1S/C27H37N5O4/c1-35-28-17-22-16-24(32(31-22)18-26(33)29-21-12-6-3-7-13-21)27(34)30-23-14-8-9-15-25(23)36-19-20-10-4-2-5-11-20/h2,4-5,10-11,16-17,21,23,25H,3,6-9,12-15,18-19H2,1H3,(H,29,33)(H,30,34)/t23-,25-/m0/s1. The molecule has 9 nitrogen and oxygen atoms in total. The SMILES string of the molecule is CON=Cc1cc(C(=O)N[C@H]2CCCC[C@@H]2OCc2ccccc2)n(CC(=O)NC2CCCCC2)n1.